The summed E-state index contributed by atoms with van der Waals surface area (Å²) in [6.45, 7) is 6.37. The summed E-state index contributed by atoms with van der Waals surface area (Å²) in [4.78, 5) is 15.8. The maximum absolute atomic E-state index is 13.4. The molecule has 4 rings (SSSR count). The van der Waals surface area contributed by atoms with Gasteiger partial charge in [0, 0.05) is 55.4 Å². The van der Waals surface area contributed by atoms with Gasteiger partial charge in [0.1, 0.15) is 5.82 Å². The summed E-state index contributed by atoms with van der Waals surface area (Å²) in [5.74, 6) is 0.304. The average Bonchev–Trinajstić information content (AvgIpc) is 2.79. The number of benzene rings is 1. The summed E-state index contributed by atoms with van der Waals surface area (Å²) in [6.07, 6.45) is 5.26. The van der Waals surface area contributed by atoms with Crippen LogP contribution in [0.4, 0.5) is 10.3 Å². The van der Waals surface area contributed by atoms with Crippen LogP contribution in [-0.2, 0) is 4.74 Å². The number of hydrogen-bond donors (Lipinski definition) is 1. The third-order valence-corrected chi connectivity index (χ3v) is 5.12. The second-order valence-electron chi connectivity index (χ2n) is 7.08. The van der Waals surface area contributed by atoms with Crippen molar-refractivity contribution in [3.63, 3.8) is 0 Å². The largest absolute Gasteiger partial charge is 0.379 e. The first-order chi connectivity index (χ1) is 14.2. The van der Waals surface area contributed by atoms with Crippen molar-refractivity contribution in [3.05, 3.63) is 60.8 Å². The van der Waals surface area contributed by atoms with Gasteiger partial charge in [0.15, 0.2) is 0 Å². The lowest BCUT2D eigenvalue weighted by molar-refractivity contribution is 0.0227. The molecule has 29 heavy (non-hydrogen) atoms. The summed E-state index contributed by atoms with van der Waals surface area (Å²) in [5.41, 5.74) is 3.44. The molecule has 150 valence electrons. The molecule has 2 aromatic heterocycles. The van der Waals surface area contributed by atoms with Crippen LogP contribution in [-0.4, -0.2) is 58.7 Å². The van der Waals surface area contributed by atoms with Gasteiger partial charge in [0.25, 0.3) is 0 Å². The molecule has 3 aromatic rings. The molecule has 0 aliphatic carbocycles. The minimum absolute atomic E-state index is 0.268. The van der Waals surface area contributed by atoms with E-state index < -0.39 is 0 Å². The number of ether oxygens (including phenoxy) is 1. The molecule has 1 saturated heterocycles. The maximum Gasteiger partial charge on any atom is 0.223 e. The van der Waals surface area contributed by atoms with Gasteiger partial charge in [-0.3, -0.25) is 9.88 Å². The minimum Gasteiger partial charge on any atom is -0.379 e. The van der Waals surface area contributed by atoms with E-state index in [0.29, 0.717) is 12.0 Å². The van der Waals surface area contributed by atoms with Crippen LogP contribution in [0.1, 0.15) is 6.92 Å². The van der Waals surface area contributed by atoms with Crippen molar-refractivity contribution >= 4 is 5.95 Å². The highest BCUT2D eigenvalue weighted by Gasteiger charge is 2.18. The average molecular weight is 393 g/mol. The Morgan fingerprint density at radius 2 is 1.79 bits per heavy atom. The second-order valence-corrected chi connectivity index (χ2v) is 7.08. The Morgan fingerprint density at radius 1 is 1.07 bits per heavy atom. The third kappa shape index (κ3) is 4.75. The Morgan fingerprint density at radius 3 is 2.52 bits per heavy atom. The third-order valence-electron chi connectivity index (χ3n) is 5.12. The highest BCUT2D eigenvalue weighted by Crippen LogP contribution is 2.30. The quantitative estimate of drug-likeness (QED) is 0.692. The molecule has 1 fully saturated rings. The zero-order valence-corrected chi connectivity index (χ0v) is 16.4. The minimum atomic E-state index is -0.268. The van der Waals surface area contributed by atoms with Crippen molar-refractivity contribution in [3.8, 4) is 22.4 Å². The highest BCUT2D eigenvalue weighted by molar-refractivity contribution is 5.80. The van der Waals surface area contributed by atoms with Gasteiger partial charge in [-0.15, -0.1) is 0 Å². The van der Waals surface area contributed by atoms with Crippen molar-refractivity contribution in [1.29, 1.82) is 0 Å². The number of anilines is 1. The fraction of sp³-hybridized carbons (Fsp3) is 0.318. The normalized spacial score (nSPS) is 15.8. The van der Waals surface area contributed by atoms with Gasteiger partial charge in [-0.25, -0.2) is 14.4 Å². The molecule has 1 aromatic carbocycles. The van der Waals surface area contributed by atoms with Crippen molar-refractivity contribution in [1.82, 2.24) is 19.9 Å². The molecule has 7 heteroatoms. The molecule has 6 nitrogen and oxygen atoms in total. The zero-order chi connectivity index (χ0) is 20.1. The van der Waals surface area contributed by atoms with E-state index in [1.165, 1.54) is 12.1 Å². The van der Waals surface area contributed by atoms with Crippen LogP contribution in [0.25, 0.3) is 22.4 Å². The standard InChI is InChI=1S/C22H24FN5O/c1-16(28-10-12-29-13-11-28)14-25-22-26-15-20(17-2-4-19(23)5-3-17)21(27-22)18-6-8-24-9-7-18/h2-9,15-16H,10-14H2,1H3,(H,25,26,27). The van der Waals surface area contributed by atoms with E-state index in [0.717, 1.165) is 55.2 Å². The van der Waals surface area contributed by atoms with Gasteiger partial charge >= 0.3 is 0 Å². The Balaban J connectivity index is 1.58. The van der Waals surface area contributed by atoms with Gasteiger partial charge in [0.05, 0.1) is 18.9 Å². The summed E-state index contributed by atoms with van der Waals surface area (Å²) < 4.78 is 18.8. The van der Waals surface area contributed by atoms with Gasteiger partial charge in [-0.05, 0) is 36.8 Å². The molecule has 1 atom stereocenters. The molecule has 3 heterocycles. The smallest absolute Gasteiger partial charge is 0.223 e. The number of aromatic nitrogens is 3. The lowest BCUT2D eigenvalue weighted by Gasteiger charge is -2.32. The van der Waals surface area contributed by atoms with Crippen LogP contribution >= 0.6 is 0 Å². The van der Waals surface area contributed by atoms with E-state index in [-0.39, 0.29) is 5.82 Å². The number of hydrogen-bond acceptors (Lipinski definition) is 6. The number of nitrogens with zero attached hydrogens (tertiary/aromatic N) is 4. The first-order valence-corrected chi connectivity index (χ1v) is 9.80. The van der Waals surface area contributed by atoms with Gasteiger partial charge in [0.2, 0.25) is 5.95 Å². The molecule has 0 amide bonds. The van der Waals surface area contributed by atoms with Crippen LogP contribution in [0.2, 0.25) is 0 Å². The fourth-order valence-corrected chi connectivity index (χ4v) is 3.42. The van der Waals surface area contributed by atoms with E-state index in [1.54, 1.807) is 30.7 Å². The number of nitrogens with one attached hydrogen (secondary N) is 1. The number of halogens is 1. The molecule has 1 unspecified atom stereocenters. The molecular formula is C22H24FN5O. The van der Waals surface area contributed by atoms with E-state index in [4.69, 9.17) is 9.72 Å². The molecule has 1 aliphatic heterocycles. The lowest BCUT2D eigenvalue weighted by Crippen LogP contribution is -2.45. The number of morpholine rings is 1. The summed E-state index contributed by atoms with van der Waals surface area (Å²) >= 11 is 0. The Bertz CT molecular complexity index is 930. The van der Waals surface area contributed by atoms with Crippen LogP contribution in [0.15, 0.2) is 55.0 Å². The van der Waals surface area contributed by atoms with E-state index >= 15 is 0 Å². The number of pyridine rings is 1. The first-order valence-electron chi connectivity index (χ1n) is 9.80. The van der Waals surface area contributed by atoms with E-state index in [9.17, 15) is 4.39 Å². The SMILES string of the molecule is CC(CNc1ncc(-c2ccc(F)cc2)c(-c2ccncc2)n1)N1CCOCC1. The molecular weight excluding hydrogens is 369 g/mol. The van der Waals surface area contributed by atoms with Gasteiger partial charge < -0.3 is 10.1 Å². The predicted molar refractivity (Wildman–Crippen MR) is 111 cm³/mol. The van der Waals surface area contributed by atoms with Crippen LogP contribution in [0.3, 0.4) is 0 Å². The fourth-order valence-electron chi connectivity index (χ4n) is 3.42. The van der Waals surface area contributed by atoms with Crippen molar-refractivity contribution in [2.45, 2.75) is 13.0 Å². The van der Waals surface area contributed by atoms with Crippen molar-refractivity contribution in [2.75, 3.05) is 38.2 Å². The summed E-state index contributed by atoms with van der Waals surface area (Å²) in [6, 6.07) is 10.6. The van der Waals surface area contributed by atoms with E-state index in [1.807, 2.05) is 12.1 Å². The van der Waals surface area contributed by atoms with Crippen LogP contribution in [0, 0.1) is 5.82 Å². The maximum atomic E-state index is 13.4. The molecule has 1 aliphatic rings. The molecule has 0 bridgehead atoms. The van der Waals surface area contributed by atoms with E-state index in [2.05, 4.69) is 27.1 Å². The van der Waals surface area contributed by atoms with Crippen LogP contribution in [0.5, 0.6) is 0 Å². The summed E-state index contributed by atoms with van der Waals surface area (Å²) in [7, 11) is 0. The Hall–Kier alpha value is -2.90. The first kappa shape index (κ1) is 19.4. The monoisotopic (exact) mass is 393 g/mol. The Kier molecular flexibility index (Phi) is 6.07. The predicted octanol–water partition coefficient (Wildman–Crippen LogP) is 3.48. The topological polar surface area (TPSA) is 63.2 Å². The number of rotatable bonds is 6. The molecule has 1 N–H and O–H groups in total. The molecule has 0 radical (unpaired) electrons. The Labute approximate surface area is 169 Å². The van der Waals surface area contributed by atoms with Crippen molar-refractivity contribution in [2.24, 2.45) is 0 Å². The van der Waals surface area contributed by atoms with Gasteiger partial charge in [-0.1, -0.05) is 12.1 Å². The highest BCUT2D eigenvalue weighted by atomic mass is 19.1. The molecule has 0 spiro atoms. The second kappa shape index (κ2) is 9.07. The van der Waals surface area contributed by atoms with Crippen molar-refractivity contribution < 1.29 is 9.13 Å². The lowest BCUT2D eigenvalue weighted by atomic mass is 10.0. The van der Waals surface area contributed by atoms with Gasteiger partial charge in [-0.2, -0.15) is 0 Å². The van der Waals surface area contributed by atoms with Crippen LogP contribution < -0.4 is 5.32 Å². The zero-order valence-electron chi connectivity index (χ0n) is 16.4. The summed E-state index contributed by atoms with van der Waals surface area (Å²) in [5, 5.41) is 3.36. The molecule has 0 saturated carbocycles.